The van der Waals surface area contributed by atoms with Gasteiger partial charge in [0.15, 0.2) is 0 Å². The number of anilines is 1. The van der Waals surface area contributed by atoms with Crippen LogP contribution in [0.2, 0.25) is 0 Å². The molecule has 141 valence electrons. The Labute approximate surface area is 157 Å². The van der Waals surface area contributed by atoms with Crippen LogP contribution in [0.25, 0.3) is 0 Å². The molecule has 7 heteroatoms. The molecular weight excluding hydrogens is 346 g/mol. The smallest absolute Gasteiger partial charge is 0.262 e. The normalized spacial score (nSPS) is 23.7. The molecule has 1 radical (unpaired) electrons. The number of hydrogen-bond acceptors (Lipinski definition) is 5. The number of hydrogen-bond donors (Lipinski definition) is 1. The molecule has 3 heterocycles. The largest absolute Gasteiger partial charge is 0.371 e. The van der Waals surface area contributed by atoms with E-state index in [2.05, 4.69) is 17.1 Å². The SMILES string of the molecule is [CH2]CC1CCN(c2ccc3c(c2)C(=O)N(C2CCC(=O)NC2=O)C3=O)CC1. The van der Waals surface area contributed by atoms with Crippen molar-refractivity contribution in [1.29, 1.82) is 0 Å². The van der Waals surface area contributed by atoms with Gasteiger partial charge in [0.05, 0.1) is 11.1 Å². The molecule has 0 saturated carbocycles. The predicted octanol–water partition coefficient (Wildman–Crippen LogP) is 1.53. The summed E-state index contributed by atoms with van der Waals surface area (Å²) in [6.45, 7) is 5.78. The summed E-state index contributed by atoms with van der Waals surface area (Å²) < 4.78 is 0. The van der Waals surface area contributed by atoms with Crippen LogP contribution in [0.5, 0.6) is 0 Å². The van der Waals surface area contributed by atoms with E-state index in [1.165, 1.54) is 0 Å². The predicted molar refractivity (Wildman–Crippen MR) is 98.0 cm³/mol. The number of benzene rings is 1. The molecule has 0 bridgehead atoms. The first-order chi connectivity index (χ1) is 13.0. The fourth-order valence-corrected chi connectivity index (χ4v) is 4.14. The first-order valence-electron chi connectivity index (χ1n) is 9.39. The van der Waals surface area contributed by atoms with Gasteiger partial charge in [0, 0.05) is 25.2 Å². The fourth-order valence-electron chi connectivity index (χ4n) is 4.14. The van der Waals surface area contributed by atoms with Crippen molar-refractivity contribution >= 4 is 29.3 Å². The summed E-state index contributed by atoms with van der Waals surface area (Å²) in [5.74, 6) is -1.25. The minimum atomic E-state index is -0.925. The van der Waals surface area contributed by atoms with Crippen molar-refractivity contribution in [3.05, 3.63) is 36.2 Å². The lowest BCUT2D eigenvalue weighted by Gasteiger charge is -2.33. The second-order valence-electron chi connectivity index (χ2n) is 7.40. The quantitative estimate of drug-likeness (QED) is 0.818. The van der Waals surface area contributed by atoms with Crippen molar-refractivity contribution in [3.63, 3.8) is 0 Å². The van der Waals surface area contributed by atoms with E-state index < -0.39 is 23.8 Å². The van der Waals surface area contributed by atoms with E-state index in [1.807, 2.05) is 6.07 Å². The van der Waals surface area contributed by atoms with Crippen molar-refractivity contribution in [3.8, 4) is 0 Å². The van der Waals surface area contributed by atoms with E-state index >= 15 is 0 Å². The Morgan fingerprint density at radius 1 is 1.00 bits per heavy atom. The molecule has 4 amide bonds. The van der Waals surface area contributed by atoms with Crippen molar-refractivity contribution in [1.82, 2.24) is 10.2 Å². The van der Waals surface area contributed by atoms with Gasteiger partial charge in [-0.3, -0.25) is 29.4 Å². The molecule has 3 aliphatic rings. The van der Waals surface area contributed by atoms with Gasteiger partial charge in [-0.05, 0) is 43.4 Å². The molecule has 3 aliphatic heterocycles. The standard InChI is InChI=1S/C20H22N3O4/c1-2-12-7-9-22(10-8-12)13-3-4-14-15(11-13)20(27)23(19(14)26)16-5-6-17(24)21-18(16)25/h3-4,11-12,16H,1-2,5-10H2,(H,21,24,25). The van der Waals surface area contributed by atoms with E-state index in [9.17, 15) is 19.2 Å². The summed E-state index contributed by atoms with van der Waals surface area (Å²) in [5, 5.41) is 2.21. The number of carbonyl (C=O) groups is 4. The third-order valence-corrected chi connectivity index (χ3v) is 5.81. The number of imide groups is 2. The van der Waals surface area contributed by atoms with Crippen LogP contribution in [0.15, 0.2) is 18.2 Å². The Hall–Kier alpha value is -2.70. The highest BCUT2D eigenvalue weighted by atomic mass is 16.2. The maximum Gasteiger partial charge on any atom is 0.262 e. The van der Waals surface area contributed by atoms with E-state index in [1.54, 1.807) is 12.1 Å². The summed E-state index contributed by atoms with van der Waals surface area (Å²) in [5.41, 5.74) is 1.57. The molecule has 27 heavy (non-hydrogen) atoms. The van der Waals surface area contributed by atoms with E-state index in [0.717, 1.165) is 42.9 Å². The number of carbonyl (C=O) groups excluding carboxylic acids is 4. The highest BCUT2D eigenvalue weighted by Crippen LogP contribution is 2.32. The van der Waals surface area contributed by atoms with Crippen molar-refractivity contribution in [2.45, 2.75) is 38.1 Å². The zero-order chi connectivity index (χ0) is 19.1. The van der Waals surface area contributed by atoms with Gasteiger partial charge in [-0.2, -0.15) is 0 Å². The van der Waals surface area contributed by atoms with E-state index in [0.29, 0.717) is 17.0 Å². The third kappa shape index (κ3) is 3.01. The lowest BCUT2D eigenvalue weighted by atomic mass is 9.94. The molecule has 0 spiro atoms. The summed E-state index contributed by atoms with van der Waals surface area (Å²) >= 11 is 0. The molecular formula is C20H22N3O4. The van der Waals surface area contributed by atoms with Gasteiger partial charge >= 0.3 is 0 Å². The average molecular weight is 368 g/mol. The van der Waals surface area contributed by atoms with Crippen molar-refractivity contribution in [2.24, 2.45) is 5.92 Å². The van der Waals surface area contributed by atoms with Crippen LogP contribution >= 0.6 is 0 Å². The Kier molecular flexibility index (Phi) is 4.45. The number of amides is 4. The summed E-state index contributed by atoms with van der Waals surface area (Å²) in [6, 6.07) is 4.37. The topological polar surface area (TPSA) is 86.8 Å². The molecule has 1 N–H and O–H groups in total. The highest BCUT2D eigenvalue weighted by Gasteiger charge is 2.44. The van der Waals surface area contributed by atoms with Crippen molar-refractivity contribution < 1.29 is 19.2 Å². The summed E-state index contributed by atoms with van der Waals surface area (Å²) in [7, 11) is 0. The molecule has 1 aromatic carbocycles. The molecule has 7 nitrogen and oxygen atoms in total. The minimum absolute atomic E-state index is 0.121. The van der Waals surface area contributed by atoms with Gasteiger partial charge in [-0.1, -0.05) is 13.3 Å². The number of nitrogens with zero attached hydrogens (tertiary/aromatic N) is 2. The Bertz CT molecular complexity index is 827. The number of rotatable bonds is 3. The van der Waals surface area contributed by atoms with E-state index in [-0.39, 0.29) is 18.7 Å². The van der Waals surface area contributed by atoms with Crippen LogP contribution in [0.4, 0.5) is 5.69 Å². The van der Waals surface area contributed by atoms with Gasteiger partial charge in [-0.15, -0.1) is 0 Å². The molecule has 1 unspecified atom stereocenters. The highest BCUT2D eigenvalue weighted by molar-refractivity contribution is 6.23. The van der Waals surface area contributed by atoms with Crippen LogP contribution < -0.4 is 10.2 Å². The first-order valence-corrected chi connectivity index (χ1v) is 9.39. The summed E-state index contributed by atoms with van der Waals surface area (Å²) in [6.07, 6.45) is 3.36. The van der Waals surface area contributed by atoms with E-state index in [4.69, 9.17) is 0 Å². The molecule has 0 aromatic heterocycles. The van der Waals surface area contributed by atoms with Gasteiger partial charge in [-0.25, -0.2) is 0 Å². The lowest BCUT2D eigenvalue weighted by Crippen LogP contribution is -2.54. The van der Waals surface area contributed by atoms with Gasteiger partial charge in [0.2, 0.25) is 11.8 Å². The average Bonchev–Trinajstić information content (AvgIpc) is 2.92. The molecule has 0 aliphatic carbocycles. The van der Waals surface area contributed by atoms with Crippen LogP contribution in [0.3, 0.4) is 0 Å². The van der Waals surface area contributed by atoms with Crippen LogP contribution in [-0.2, 0) is 9.59 Å². The fraction of sp³-hybridized carbons (Fsp3) is 0.450. The zero-order valence-corrected chi connectivity index (χ0v) is 15.1. The molecule has 2 fully saturated rings. The second kappa shape index (κ2) is 6.79. The minimum Gasteiger partial charge on any atom is -0.371 e. The van der Waals surface area contributed by atoms with Crippen LogP contribution in [-0.4, -0.2) is 47.7 Å². The number of nitrogens with one attached hydrogen (secondary N) is 1. The Morgan fingerprint density at radius 2 is 1.70 bits per heavy atom. The zero-order valence-electron chi connectivity index (χ0n) is 15.1. The third-order valence-electron chi connectivity index (χ3n) is 5.81. The Balaban J connectivity index is 1.57. The number of piperidine rings is 2. The van der Waals surface area contributed by atoms with Gasteiger partial charge in [0.25, 0.3) is 11.8 Å². The molecule has 1 atom stereocenters. The number of fused-ring (bicyclic) bond motifs is 1. The van der Waals surface area contributed by atoms with Crippen LogP contribution in [0.1, 0.15) is 52.8 Å². The molecule has 1 aromatic rings. The second-order valence-corrected chi connectivity index (χ2v) is 7.40. The monoisotopic (exact) mass is 368 g/mol. The van der Waals surface area contributed by atoms with Crippen LogP contribution in [0, 0.1) is 12.8 Å². The summed E-state index contributed by atoms with van der Waals surface area (Å²) in [4.78, 5) is 52.3. The lowest BCUT2D eigenvalue weighted by molar-refractivity contribution is -0.136. The molecule has 2 saturated heterocycles. The maximum atomic E-state index is 12.9. The Morgan fingerprint density at radius 3 is 2.37 bits per heavy atom. The maximum absolute atomic E-state index is 12.9. The van der Waals surface area contributed by atoms with Crippen molar-refractivity contribution in [2.75, 3.05) is 18.0 Å². The first kappa shape index (κ1) is 17.7. The molecule has 4 rings (SSSR count). The van der Waals surface area contributed by atoms with Gasteiger partial charge in [0.1, 0.15) is 6.04 Å². The van der Waals surface area contributed by atoms with Gasteiger partial charge < -0.3 is 4.90 Å².